The van der Waals surface area contributed by atoms with Crippen LogP contribution in [0.3, 0.4) is 0 Å². The summed E-state index contributed by atoms with van der Waals surface area (Å²) in [6.07, 6.45) is 1.59. The minimum absolute atomic E-state index is 0.135. The van der Waals surface area contributed by atoms with Crippen LogP contribution in [0.4, 0.5) is 5.69 Å². The Morgan fingerprint density at radius 3 is 2.70 bits per heavy atom. The molecule has 0 atom stereocenters. The second-order valence-electron chi connectivity index (χ2n) is 5.37. The third-order valence-electron chi connectivity index (χ3n) is 3.47. The minimum Gasteiger partial charge on any atom is -0.461 e. The van der Waals surface area contributed by atoms with E-state index in [0.29, 0.717) is 29.4 Å². The van der Waals surface area contributed by atoms with Crippen LogP contribution in [0.15, 0.2) is 63.6 Å². The van der Waals surface area contributed by atoms with Crippen molar-refractivity contribution in [2.75, 3.05) is 19.0 Å². The van der Waals surface area contributed by atoms with Gasteiger partial charge < -0.3 is 19.1 Å². The molecule has 0 bridgehead atoms. The summed E-state index contributed by atoms with van der Waals surface area (Å²) in [5.74, 6) is 1.85. The lowest BCUT2D eigenvalue weighted by Gasteiger charge is -2.13. The molecule has 118 valence electrons. The highest BCUT2D eigenvalue weighted by atomic mass is 16.4. The number of rotatable bonds is 5. The topological polar surface area (TPSA) is 58.6 Å². The zero-order valence-corrected chi connectivity index (χ0v) is 13.1. The van der Waals surface area contributed by atoms with Crippen LogP contribution in [0, 0.1) is 0 Å². The number of furan rings is 2. The number of hydrogen-bond acceptors (Lipinski definition) is 4. The second kappa shape index (κ2) is 6.44. The first-order valence-corrected chi connectivity index (χ1v) is 7.31. The van der Waals surface area contributed by atoms with Crippen molar-refractivity contribution in [1.29, 1.82) is 0 Å². The van der Waals surface area contributed by atoms with Gasteiger partial charge in [0.1, 0.15) is 5.76 Å². The number of anilines is 1. The van der Waals surface area contributed by atoms with Crippen molar-refractivity contribution in [3.05, 3.63) is 66.1 Å². The number of carbonyl (C=O) groups excluding carboxylic acids is 1. The van der Waals surface area contributed by atoms with E-state index in [1.807, 2.05) is 55.4 Å². The highest BCUT2D eigenvalue weighted by molar-refractivity contribution is 5.95. The molecule has 0 aliphatic heterocycles. The zero-order valence-electron chi connectivity index (χ0n) is 13.1. The maximum Gasteiger partial charge on any atom is 0.251 e. The first-order chi connectivity index (χ1) is 11.1. The number of nitrogens with one attached hydrogen (secondary N) is 1. The van der Waals surface area contributed by atoms with Crippen molar-refractivity contribution in [2.24, 2.45) is 0 Å². The molecule has 0 spiro atoms. The fourth-order valence-electron chi connectivity index (χ4n) is 2.22. The molecule has 1 aromatic carbocycles. The molecule has 2 heterocycles. The molecule has 0 saturated carbocycles. The largest absolute Gasteiger partial charge is 0.461 e. The summed E-state index contributed by atoms with van der Waals surface area (Å²) in [5, 5.41) is 2.86. The van der Waals surface area contributed by atoms with Gasteiger partial charge in [-0.05, 0) is 42.5 Å². The maximum atomic E-state index is 12.2. The van der Waals surface area contributed by atoms with E-state index in [1.54, 1.807) is 18.4 Å². The Hall–Kier alpha value is -2.95. The molecule has 23 heavy (non-hydrogen) atoms. The summed E-state index contributed by atoms with van der Waals surface area (Å²) in [6.45, 7) is 0.325. The van der Waals surface area contributed by atoms with Crippen LogP contribution in [0.25, 0.3) is 11.5 Å². The van der Waals surface area contributed by atoms with Gasteiger partial charge in [0, 0.05) is 25.3 Å². The zero-order chi connectivity index (χ0) is 16.2. The molecule has 3 aromatic rings. The maximum absolute atomic E-state index is 12.2. The smallest absolute Gasteiger partial charge is 0.251 e. The predicted octanol–water partition coefficient (Wildman–Crippen LogP) is 3.54. The Morgan fingerprint density at radius 1 is 1.09 bits per heavy atom. The van der Waals surface area contributed by atoms with Crippen LogP contribution in [-0.2, 0) is 6.54 Å². The van der Waals surface area contributed by atoms with Gasteiger partial charge in [0.25, 0.3) is 5.91 Å². The van der Waals surface area contributed by atoms with Crippen molar-refractivity contribution in [3.63, 3.8) is 0 Å². The Kier molecular flexibility index (Phi) is 4.19. The van der Waals surface area contributed by atoms with Gasteiger partial charge in [-0.15, -0.1) is 0 Å². The van der Waals surface area contributed by atoms with Crippen molar-refractivity contribution in [1.82, 2.24) is 5.32 Å². The van der Waals surface area contributed by atoms with E-state index in [9.17, 15) is 4.79 Å². The number of amides is 1. The first-order valence-electron chi connectivity index (χ1n) is 7.31. The summed E-state index contributed by atoms with van der Waals surface area (Å²) >= 11 is 0. The highest BCUT2D eigenvalue weighted by Crippen LogP contribution is 2.22. The van der Waals surface area contributed by atoms with E-state index in [1.165, 1.54) is 0 Å². The third-order valence-corrected chi connectivity index (χ3v) is 3.47. The summed E-state index contributed by atoms with van der Waals surface area (Å²) in [4.78, 5) is 14.2. The second-order valence-corrected chi connectivity index (χ2v) is 5.37. The fourth-order valence-corrected chi connectivity index (χ4v) is 2.22. The van der Waals surface area contributed by atoms with Gasteiger partial charge in [0.05, 0.1) is 12.8 Å². The Morgan fingerprint density at radius 2 is 1.96 bits per heavy atom. The molecule has 0 saturated heterocycles. The number of nitrogens with zero attached hydrogens (tertiary/aromatic N) is 1. The molecular formula is C18H18N2O3. The lowest BCUT2D eigenvalue weighted by Crippen LogP contribution is -2.22. The summed E-state index contributed by atoms with van der Waals surface area (Å²) in [7, 11) is 3.88. The van der Waals surface area contributed by atoms with Crippen molar-refractivity contribution < 1.29 is 13.6 Å². The van der Waals surface area contributed by atoms with Crippen LogP contribution < -0.4 is 10.2 Å². The number of hydrogen-bond donors (Lipinski definition) is 1. The molecule has 3 rings (SSSR count). The van der Waals surface area contributed by atoms with E-state index in [4.69, 9.17) is 8.83 Å². The van der Waals surface area contributed by atoms with Crippen LogP contribution in [-0.4, -0.2) is 20.0 Å². The average Bonchev–Trinajstić information content (AvgIpc) is 3.23. The Balaban J connectivity index is 1.64. The van der Waals surface area contributed by atoms with E-state index in [2.05, 4.69) is 5.32 Å². The van der Waals surface area contributed by atoms with E-state index < -0.39 is 0 Å². The molecule has 5 heteroatoms. The van der Waals surface area contributed by atoms with Gasteiger partial charge in [0.15, 0.2) is 11.5 Å². The van der Waals surface area contributed by atoms with Crippen LogP contribution in [0.1, 0.15) is 16.1 Å². The van der Waals surface area contributed by atoms with Crippen molar-refractivity contribution in [3.8, 4) is 11.5 Å². The molecule has 0 aliphatic carbocycles. The lowest BCUT2D eigenvalue weighted by molar-refractivity contribution is 0.0948. The van der Waals surface area contributed by atoms with Gasteiger partial charge in [-0.2, -0.15) is 0 Å². The minimum atomic E-state index is -0.135. The average molecular weight is 310 g/mol. The Bertz CT molecular complexity index is 788. The highest BCUT2D eigenvalue weighted by Gasteiger charge is 2.10. The van der Waals surface area contributed by atoms with E-state index in [0.717, 1.165) is 5.69 Å². The standard InChI is InChI=1S/C18H18N2O3/c1-20(2)14-6-3-5-13(11-14)18(21)19-12-15-8-9-17(23-15)16-7-4-10-22-16/h3-11H,12H2,1-2H3,(H,19,21). The normalized spacial score (nSPS) is 10.5. The lowest BCUT2D eigenvalue weighted by atomic mass is 10.2. The van der Waals surface area contributed by atoms with E-state index in [-0.39, 0.29) is 5.91 Å². The Labute approximate surface area is 134 Å². The van der Waals surface area contributed by atoms with Gasteiger partial charge in [0.2, 0.25) is 0 Å². The molecule has 0 aliphatic rings. The molecule has 1 N–H and O–H groups in total. The van der Waals surface area contributed by atoms with Crippen molar-refractivity contribution >= 4 is 11.6 Å². The molecule has 5 nitrogen and oxygen atoms in total. The monoisotopic (exact) mass is 310 g/mol. The number of benzene rings is 1. The van der Waals surface area contributed by atoms with Gasteiger partial charge in [-0.3, -0.25) is 4.79 Å². The summed E-state index contributed by atoms with van der Waals surface area (Å²) in [5.41, 5.74) is 1.60. The molecule has 0 fully saturated rings. The van der Waals surface area contributed by atoms with Gasteiger partial charge >= 0.3 is 0 Å². The number of carbonyl (C=O) groups is 1. The van der Waals surface area contributed by atoms with Crippen LogP contribution in [0.2, 0.25) is 0 Å². The quantitative estimate of drug-likeness (QED) is 0.783. The first kappa shape index (κ1) is 15.0. The third kappa shape index (κ3) is 3.45. The summed E-state index contributed by atoms with van der Waals surface area (Å²) < 4.78 is 10.9. The van der Waals surface area contributed by atoms with Crippen molar-refractivity contribution in [2.45, 2.75) is 6.54 Å². The predicted molar refractivity (Wildman–Crippen MR) is 88.3 cm³/mol. The van der Waals surface area contributed by atoms with Crippen LogP contribution >= 0.6 is 0 Å². The molecule has 1 amide bonds. The molecule has 0 unspecified atom stereocenters. The van der Waals surface area contributed by atoms with Gasteiger partial charge in [-0.25, -0.2) is 0 Å². The molecule has 0 radical (unpaired) electrons. The molecule has 2 aromatic heterocycles. The van der Waals surface area contributed by atoms with Crippen LogP contribution in [0.5, 0.6) is 0 Å². The molecular weight excluding hydrogens is 292 g/mol. The SMILES string of the molecule is CN(C)c1cccc(C(=O)NCc2ccc(-c3ccco3)o2)c1. The fraction of sp³-hybridized carbons (Fsp3) is 0.167. The summed E-state index contributed by atoms with van der Waals surface area (Å²) in [6, 6.07) is 14.8. The van der Waals surface area contributed by atoms with E-state index >= 15 is 0 Å². The van der Waals surface area contributed by atoms with Gasteiger partial charge in [-0.1, -0.05) is 6.07 Å².